The van der Waals surface area contributed by atoms with Crippen molar-refractivity contribution in [2.45, 2.75) is 26.4 Å². The fraction of sp³-hybridized carbons (Fsp3) is 0.381. The molecular formula is C21H22ClN5OS. The molecule has 0 radical (unpaired) electrons. The summed E-state index contributed by atoms with van der Waals surface area (Å²) >= 11 is 8.00. The third-order valence-electron chi connectivity index (χ3n) is 5.10. The average molecular weight is 428 g/mol. The third-order valence-corrected chi connectivity index (χ3v) is 6.33. The second kappa shape index (κ2) is 8.64. The van der Waals surface area contributed by atoms with Crippen molar-refractivity contribution in [2.24, 2.45) is 0 Å². The van der Waals surface area contributed by atoms with Crippen LogP contribution in [-0.2, 0) is 24.2 Å². The summed E-state index contributed by atoms with van der Waals surface area (Å²) in [6, 6.07) is 8.73. The van der Waals surface area contributed by atoms with Gasteiger partial charge in [0.05, 0.1) is 27.4 Å². The van der Waals surface area contributed by atoms with Gasteiger partial charge in [0.1, 0.15) is 17.0 Å². The number of aromatic nitrogens is 2. The molecule has 0 aliphatic carbocycles. The van der Waals surface area contributed by atoms with E-state index in [1.807, 2.05) is 6.92 Å². The standard InChI is InChI=1S/C21H22ClN5OS/c1-13-25-18-9-14(3-4-19(18)29-13)11-27-7-5-15-16(10-23)20(22)26-21(17(15)12-27)24-6-8-28-2/h3-4,9H,5-8,11-12H2,1-2H3,(H,24,26). The minimum Gasteiger partial charge on any atom is -0.383 e. The van der Waals surface area contributed by atoms with Gasteiger partial charge in [0.25, 0.3) is 0 Å². The number of benzene rings is 1. The number of halogens is 1. The minimum atomic E-state index is 0.268. The summed E-state index contributed by atoms with van der Waals surface area (Å²) in [6.07, 6.45) is 0.775. The summed E-state index contributed by atoms with van der Waals surface area (Å²) in [5.74, 6) is 0.747. The first-order valence-corrected chi connectivity index (χ1v) is 10.7. The van der Waals surface area contributed by atoms with Gasteiger partial charge in [-0.1, -0.05) is 17.7 Å². The molecule has 3 heterocycles. The highest BCUT2D eigenvalue weighted by Crippen LogP contribution is 2.32. The summed E-state index contributed by atoms with van der Waals surface area (Å²) in [4.78, 5) is 11.4. The Morgan fingerprint density at radius 1 is 1.34 bits per heavy atom. The molecule has 0 unspecified atom stereocenters. The fourth-order valence-electron chi connectivity index (χ4n) is 3.77. The van der Waals surface area contributed by atoms with Crippen LogP contribution >= 0.6 is 22.9 Å². The lowest BCUT2D eigenvalue weighted by Gasteiger charge is -2.31. The molecule has 2 aromatic heterocycles. The van der Waals surface area contributed by atoms with Crippen LogP contribution in [0, 0.1) is 18.3 Å². The molecule has 0 saturated heterocycles. The van der Waals surface area contributed by atoms with Crippen molar-refractivity contribution in [3.8, 4) is 6.07 Å². The normalized spacial score (nSPS) is 14.0. The zero-order chi connectivity index (χ0) is 20.4. The lowest BCUT2D eigenvalue weighted by atomic mass is 9.96. The molecule has 0 saturated carbocycles. The highest BCUT2D eigenvalue weighted by atomic mass is 35.5. The zero-order valence-corrected chi connectivity index (χ0v) is 18.0. The first-order chi connectivity index (χ1) is 14.1. The number of aryl methyl sites for hydroxylation is 1. The van der Waals surface area contributed by atoms with Crippen LogP contribution in [0.1, 0.15) is 27.3 Å². The van der Waals surface area contributed by atoms with Crippen LogP contribution in [0.15, 0.2) is 18.2 Å². The fourth-order valence-corrected chi connectivity index (χ4v) is 4.82. The van der Waals surface area contributed by atoms with Crippen molar-refractivity contribution >= 4 is 39.0 Å². The van der Waals surface area contributed by atoms with E-state index in [2.05, 4.69) is 44.5 Å². The molecule has 0 spiro atoms. The molecule has 0 amide bonds. The van der Waals surface area contributed by atoms with Crippen molar-refractivity contribution in [1.82, 2.24) is 14.9 Å². The molecule has 150 valence electrons. The van der Waals surface area contributed by atoms with E-state index in [9.17, 15) is 5.26 Å². The van der Waals surface area contributed by atoms with Crippen LogP contribution < -0.4 is 5.32 Å². The Morgan fingerprint density at radius 3 is 3.00 bits per heavy atom. The highest BCUT2D eigenvalue weighted by molar-refractivity contribution is 7.18. The Balaban J connectivity index is 1.59. The van der Waals surface area contributed by atoms with Crippen LogP contribution in [0.2, 0.25) is 5.15 Å². The van der Waals surface area contributed by atoms with Crippen molar-refractivity contribution < 1.29 is 4.74 Å². The number of ether oxygens (including phenoxy) is 1. The van der Waals surface area contributed by atoms with Crippen LogP contribution in [0.25, 0.3) is 10.2 Å². The minimum absolute atomic E-state index is 0.268. The number of thiazole rings is 1. The van der Waals surface area contributed by atoms with Gasteiger partial charge in [-0.25, -0.2) is 9.97 Å². The molecule has 0 atom stereocenters. The van der Waals surface area contributed by atoms with Gasteiger partial charge in [-0.15, -0.1) is 11.3 Å². The molecule has 1 N–H and O–H groups in total. The number of nitrogens with zero attached hydrogens (tertiary/aromatic N) is 4. The predicted molar refractivity (Wildman–Crippen MR) is 117 cm³/mol. The van der Waals surface area contributed by atoms with Gasteiger partial charge >= 0.3 is 0 Å². The van der Waals surface area contributed by atoms with E-state index in [-0.39, 0.29) is 5.15 Å². The zero-order valence-electron chi connectivity index (χ0n) is 16.5. The number of methoxy groups -OCH3 is 1. The van der Waals surface area contributed by atoms with E-state index in [1.165, 1.54) is 10.3 Å². The van der Waals surface area contributed by atoms with Crippen molar-refractivity contribution in [2.75, 3.05) is 32.1 Å². The van der Waals surface area contributed by atoms with Gasteiger partial charge in [-0.3, -0.25) is 4.90 Å². The number of nitriles is 1. The molecule has 8 heteroatoms. The molecule has 0 bridgehead atoms. The Kier molecular flexibility index (Phi) is 5.97. The lowest BCUT2D eigenvalue weighted by molar-refractivity contribution is 0.210. The molecule has 0 fully saturated rings. The summed E-state index contributed by atoms with van der Waals surface area (Å²) in [5.41, 5.74) is 4.86. The number of rotatable bonds is 6. The molecule has 3 aromatic rings. The molecule has 6 nitrogen and oxygen atoms in total. The van der Waals surface area contributed by atoms with E-state index in [4.69, 9.17) is 16.3 Å². The lowest BCUT2D eigenvalue weighted by Crippen LogP contribution is -2.32. The average Bonchev–Trinajstić information content (AvgIpc) is 3.08. The Bertz CT molecular complexity index is 1090. The largest absolute Gasteiger partial charge is 0.383 e. The summed E-state index contributed by atoms with van der Waals surface area (Å²) < 4.78 is 6.35. The second-order valence-corrected chi connectivity index (χ2v) is 8.70. The van der Waals surface area contributed by atoms with Gasteiger partial charge in [0.15, 0.2) is 0 Å². The van der Waals surface area contributed by atoms with Gasteiger partial charge in [-0.2, -0.15) is 5.26 Å². The Hall–Kier alpha value is -2.24. The van der Waals surface area contributed by atoms with Crippen LogP contribution in [0.4, 0.5) is 5.82 Å². The molecule has 1 aromatic carbocycles. The highest BCUT2D eigenvalue weighted by Gasteiger charge is 2.25. The molecule has 1 aliphatic rings. The number of hydrogen-bond donors (Lipinski definition) is 1. The van der Waals surface area contributed by atoms with E-state index >= 15 is 0 Å². The number of nitrogens with one attached hydrogen (secondary N) is 1. The molecule has 1 aliphatic heterocycles. The van der Waals surface area contributed by atoms with Crippen molar-refractivity contribution in [1.29, 1.82) is 5.26 Å². The van der Waals surface area contributed by atoms with E-state index in [1.54, 1.807) is 18.4 Å². The maximum absolute atomic E-state index is 9.55. The SMILES string of the molecule is COCCNc1nc(Cl)c(C#N)c2c1CN(Cc1ccc3sc(C)nc3c1)CC2. The van der Waals surface area contributed by atoms with Crippen LogP contribution in [0.5, 0.6) is 0 Å². The van der Waals surface area contributed by atoms with Gasteiger partial charge in [0, 0.05) is 38.9 Å². The van der Waals surface area contributed by atoms with E-state index < -0.39 is 0 Å². The number of hydrogen-bond acceptors (Lipinski definition) is 7. The van der Waals surface area contributed by atoms with Crippen LogP contribution in [0.3, 0.4) is 0 Å². The monoisotopic (exact) mass is 427 g/mol. The predicted octanol–water partition coefficient (Wildman–Crippen LogP) is 4.14. The Morgan fingerprint density at radius 2 is 2.21 bits per heavy atom. The molecule has 29 heavy (non-hydrogen) atoms. The number of pyridine rings is 1. The molecular weight excluding hydrogens is 406 g/mol. The summed E-state index contributed by atoms with van der Waals surface area (Å²) in [5, 5.41) is 14.2. The Labute approximate surface area is 179 Å². The van der Waals surface area contributed by atoms with Gasteiger partial charge in [0.2, 0.25) is 0 Å². The van der Waals surface area contributed by atoms with Crippen LogP contribution in [-0.4, -0.2) is 41.7 Å². The van der Waals surface area contributed by atoms with Gasteiger partial charge in [-0.05, 0) is 36.6 Å². The second-order valence-electron chi connectivity index (χ2n) is 7.11. The third kappa shape index (κ3) is 4.21. The number of anilines is 1. The van der Waals surface area contributed by atoms with Gasteiger partial charge < -0.3 is 10.1 Å². The quantitative estimate of drug-likeness (QED) is 0.470. The van der Waals surface area contributed by atoms with Crippen molar-refractivity contribution in [3.05, 3.63) is 50.6 Å². The van der Waals surface area contributed by atoms with Crippen molar-refractivity contribution in [3.63, 3.8) is 0 Å². The van der Waals surface area contributed by atoms with E-state index in [0.717, 1.165) is 53.5 Å². The smallest absolute Gasteiger partial charge is 0.149 e. The number of fused-ring (bicyclic) bond motifs is 2. The summed E-state index contributed by atoms with van der Waals surface area (Å²) in [7, 11) is 1.67. The van der Waals surface area contributed by atoms with E-state index in [0.29, 0.717) is 18.7 Å². The molecule has 4 rings (SSSR count). The topological polar surface area (TPSA) is 74.1 Å². The first kappa shape index (κ1) is 20.0. The maximum atomic E-state index is 9.55. The summed E-state index contributed by atoms with van der Waals surface area (Å²) in [6.45, 7) is 5.66. The first-order valence-electron chi connectivity index (χ1n) is 9.51. The maximum Gasteiger partial charge on any atom is 0.149 e.